The third-order valence-electron chi connectivity index (χ3n) is 10.4. The van der Waals surface area contributed by atoms with E-state index in [1.54, 1.807) is 13.1 Å². The summed E-state index contributed by atoms with van der Waals surface area (Å²) in [4.78, 5) is 45.8. The molecule has 0 aliphatic carbocycles. The van der Waals surface area contributed by atoms with Gasteiger partial charge in [-0.3, -0.25) is 14.5 Å². The molecule has 0 saturated carbocycles. The van der Waals surface area contributed by atoms with E-state index in [-0.39, 0.29) is 80.8 Å². The van der Waals surface area contributed by atoms with Gasteiger partial charge in [0.2, 0.25) is 0 Å². The van der Waals surface area contributed by atoms with E-state index < -0.39 is 53.0 Å². The van der Waals surface area contributed by atoms with Crippen molar-refractivity contribution in [1.29, 1.82) is 0 Å². The molecule has 0 fully saturated rings. The molecule has 6 nitrogen and oxygen atoms in total. The smallest absolute Gasteiger partial charge is 0.416 e. The van der Waals surface area contributed by atoms with Crippen molar-refractivity contribution >= 4 is 28.6 Å². The molecule has 5 aromatic carbocycles. The van der Waals surface area contributed by atoms with Gasteiger partial charge in [0.1, 0.15) is 0 Å². The highest BCUT2D eigenvalue weighted by atomic mass is 19.4. The van der Waals surface area contributed by atoms with Crippen LogP contribution in [0.15, 0.2) is 97.2 Å². The summed E-state index contributed by atoms with van der Waals surface area (Å²) >= 11 is 0. The van der Waals surface area contributed by atoms with E-state index in [1.165, 1.54) is 30.3 Å². The Morgan fingerprint density at radius 2 is 1.13 bits per heavy atom. The zero-order valence-electron chi connectivity index (χ0n) is 31.9. The quantitative estimate of drug-likeness (QED) is 0.0681. The first-order valence-electron chi connectivity index (χ1n) is 18.5. The molecular weight excluding hydrogens is 803 g/mol. The monoisotopic (exact) mass is 836 g/mol. The summed E-state index contributed by atoms with van der Waals surface area (Å²) in [6, 6.07) is 16.1. The predicted octanol–water partition coefficient (Wildman–Crippen LogP) is 12.5. The van der Waals surface area contributed by atoms with Crippen molar-refractivity contribution in [2.75, 3.05) is 13.2 Å². The van der Waals surface area contributed by atoms with E-state index in [1.807, 2.05) is 13.8 Å². The highest BCUT2D eigenvalue weighted by Crippen LogP contribution is 2.46. The first kappa shape index (κ1) is 41.8. The minimum Gasteiger partial charge on any atom is -0.462 e. The Bertz CT molecular complexity index is 2620. The number of alkyl halides is 9. The molecule has 0 unspecified atom stereocenters. The standard InChI is InChI=1S/C45H33F9N2O4/c1-23(2)39-36(24(3)22-55-39)42(59)60-18-4-17-56-40(57)34-20-28(25-5-11-29(12-6-25)43(46,47)48)19-33-37(27-9-15-31(16-10-27)45(52,53)54)32(21-35(38(33)34)41(56)58)26-7-13-30(14-8-26)44(49,50)51/h5-16,19-23,55H,4,17-18H2,1-3H3. The zero-order valence-corrected chi connectivity index (χ0v) is 31.9. The van der Waals surface area contributed by atoms with Gasteiger partial charge in [0, 0.05) is 34.9 Å². The van der Waals surface area contributed by atoms with E-state index in [0.717, 1.165) is 65.6 Å². The van der Waals surface area contributed by atoms with Gasteiger partial charge in [-0.15, -0.1) is 0 Å². The van der Waals surface area contributed by atoms with Crippen LogP contribution in [0.25, 0.3) is 44.2 Å². The summed E-state index contributed by atoms with van der Waals surface area (Å²) in [6.45, 7) is 5.08. The number of imide groups is 1. The minimum atomic E-state index is -4.72. The van der Waals surface area contributed by atoms with Crippen LogP contribution in [0, 0.1) is 6.92 Å². The average Bonchev–Trinajstić information content (AvgIpc) is 3.59. The van der Waals surface area contributed by atoms with Gasteiger partial charge in [-0.2, -0.15) is 39.5 Å². The number of halogens is 9. The molecule has 6 aromatic rings. The van der Waals surface area contributed by atoms with Gasteiger partial charge in [0.05, 0.1) is 28.9 Å². The number of carbonyl (C=O) groups is 3. The largest absolute Gasteiger partial charge is 0.462 e. The number of aromatic amines is 1. The number of amides is 2. The minimum absolute atomic E-state index is 0.00380. The Balaban J connectivity index is 1.38. The van der Waals surface area contributed by atoms with Crippen LogP contribution in [-0.4, -0.2) is 40.8 Å². The number of H-pyrrole nitrogens is 1. The van der Waals surface area contributed by atoms with Crippen LogP contribution in [0.4, 0.5) is 39.5 Å². The lowest BCUT2D eigenvalue weighted by atomic mass is 9.82. The summed E-state index contributed by atoms with van der Waals surface area (Å²) < 4.78 is 128. The van der Waals surface area contributed by atoms with E-state index in [4.69, 9.17) is 4.74 Å². The molecule has 15 heteroatoms. The molecule has 0 radical (unpaired) electrons. The summed E-state index contributed by atoms with van der Waals surface area (Å²) in [5.41, 5.74) is -0.384. The number of aryl methyl sites for hydroxylation is 1. The second kappa shape index (κ2) is 15.3. The summed E-state index contributed by atoms with van der Waals surface area (Å²) in [6.07, 6.45) is -12.4. The van der Waals surface area contributed by atoms with E-state index in [0.29, 0.717) is 16.8 Å². The maximum atomic E-state index is 14.4. The van der Waals surface area contributed by atoms with E-state index in [9.17, 15) is 53.9 Å². The molecule has 0 atom stereocenters. The molecular formula is C45H33F9N2O4. The fraction of sp³-hybridized carbons (Fsp3) is 0.222. The number of esters is 1. The van der Waals surface area contributed by atoms with Gasteiger partial charge >= 0.3 is 24.5 Å². The Morgan fingerprint density at radius 1 is 0.650 bits per heavy atom. The molecule has 60 heavy (non-hydrogen) atoms. The third-order valence-corrected chi connectivity index (χ3v) is 10.4. The number of nitrogens with zero attached hydrogens (tertiary/aromatic N) is 1. The number of aromatic nitrogens is 1. The van der Waals surface area contributed by atoms with Crippen LogP contribution in [0.1, 0.15) is 85.2 Å². The maximum Gasteiger partial charge on any atom is 0.416 e. The van der Waals surface area contributed by atoms with Crippen molar-refractivity contribution in [2.45, 2.75) is 51.6 Å². The number of nitrogens with one attached hydrogen (secondary N) is 1. The number of ether oxygens (including phenoxy) is 1. The lowest BCUT2D eigenvalue weighted by Gasteiger charge is -2.30. The topological polar surface area (TPSA) is 79.5 Å². The lowest BCUT2D eigenvalue weighted by molar-refractivity contribution is -0.138. The molecule has 7 rings (SSSR count). The van der Waals surface area contributed by atoms with Gasteiger partial charge in [-0.05, 0) is 118 Å². The Kier molecular flexibility index (Phi) is 10.7. The van der Waals surface area contributed by atoms with Crippen LogP contribution in [0.5, 0.6) is 0 Å². The first-order valence-corrected chi connectivity index (χ1v) is 18.5. The number of hydrogen-bond donors (Lipinski definition) is 1. The van der Waals surface area contributed by atoms with Gasteiger partial charge in [-0.1, -0.05) is 50.2 Å². The van der Waals surface area contributed by atoms with E-state index >= 15 is 0 Å². The molecule has 0 saturated heterocycles. The van der Waals surface area contributed by atoms with Crippen molar-refractivity contribution in [1.82, 2.24) is 9.88 Å². The van der Waals surface area contributed by atoms with Crippen LogP contribution in [0.3, 0.4) is 0 Å². The molecule has 0 spiro atoms. The van der Waals surface area contributed by atoms with Crippen LogP contribution >= 0.6 is 0 Å². The number of rotatable bonds is 9. The van der Waals surface area contributed by atoms with Crippen LogP contribution in [0.2, 0.25) is 0 Å². The van der Waals surface area contributed by atoms with Crippen molar-refractivity contribution in [2.24, 2.45) is 0 Å². The Labute approximate surface area is 336 Å². The van der Waals surface area contributed by atoms with Crippen molar-refractivity contribution < 1.29 is 58.6 Å². The highest BCUT2D eigenvalue weighted by molar-refractivity contribution is 6.29. The number of carbonyl (C=O) groups excluding carboxylic acids is 3. The molecule has 310 valence electrons. The molecule has 2 amide bonds. The predicted molar refractivity (Wildman–Crippen MR) is 205 cm³/mol. The normalized spacial score (nSPS) is 13.4. The van der Waals surface area contributed by atoms with Crippen molar-refractivity contribution in [3.05, 3.63) is 142 Å². The average molecular weight is 837 g/mol. The van der Waals surface area contributed by atoms with Gasteiger partial charge < -0.3 is 9.72 Å². The van der Waals surface area contributed by atoms with Gasteiger partial charge in [0.25, 0.3) is 11.8 Å². The fourth-order valence-corrected chi connectivity index (χ4v) is 7.44. The summed E-state index contributed by atoms with van der Waals surface area (Å²) in [7, 11) is 0. The fourth-order valence-electron chi connectivity index (χ4n) is 7.44. The van der Waals surface area contributed by atoms with E-state index in [2.05, 4.69) is 4.98 Å². The maximum absolute atomic E-state index is 14.4. The molecule has 1 aliphatic heterocycles. The molecule has 1 aliphatic rings. The zero-order chi connectivity index (χ0) is 43.5. The number of hydrogen-bond acceptors (Lipinski definition) is 4. The highest BCUT2D eigenvalue weighted by Gasteiger charge is 2.37. The Hall–Kier alpha value is -6.38. The van der Waals surface area contributed by atoms with Crippen LogP contribution in [-0.2, 0) is 23.3 Å². The van der Waals surface area contributed by atoms with Gasteiger partial charge in [0.15, 0.2) is 0 Å². The molecule has 2 heterocycles. The second-order valence-electron chi connectivity index (χ2n) is 14.7. The number of benzene rings is 5. The first-order chi connectivity index (χ1) is 28.1. The third kappa shape index (κ3) is 7.87. The van der Waals surface area contributed by atoms with Crippen LogP contribution < -0.4 is 0 Å². The Morgan fingerprint density at radius 3 is 1.63 bits per heavy atom. The van der Waals surface area contributed by atoms with Crippen molar-refractivity contribution in [3.63, 3.8) is 0 Å². The summed E-state index contributed by atoms with van der Waals surface area (Å²) in [5, 5.41) is 0.214. The van der Waals surface area contributed by atoms with Gasteiger partial charge in [-0.25, -0.2) is 4.79 Å². The SMILES string of the molecule is Cc1c[nH]c(C(C)C)c1C(=O)OCCCN1C(=O)c2cc(-c3ccc(C(F)(F)F)cc3)cc3c(-c4ccc(C(F)(F)F)cc4)c(-c4ccc(C(F)(F)F)cc4)cc(c23)C1=O. The molecule has 1 N–H and O–H groups in total. The van der Waals surface area contributed by atoms with Crippen molar-refractivity contribution in [3.8, 4) is 33.4 Å². The summed E-state index contributed by atoms with van der Waals surface area (Å²) in [5.74, 6) is -2.24. The second-order valence-corrected chi connectivity index (χ2v) is 14.7. The molecule has 0 bridgehead atoms. The molecule has 1 aromatic heterocycles. The lowest BCUT2D eigenvalue weighted by Crippen LogP contribution is -2.41.